The molecule has 0 aliphatic carbocycles. The Hall–Kier alpha value is -2.66. The third kappa shape index (κ3) is 3.88. The standard InChI is InChI=1S/C20H21NO4/c1-14-3-5-15(6-4-14)18-13-21(11-12-25-18)19(22)16-7-9-17(10-8-16)20(23)24-2/h3-10,18H,11-13H2,1-2H3. The van der Waals surface area contributed by atoms with E-state index >= 15 is 0 Å². The molecule has 5 nitrogen and oxygen atoms in total. The highest BCUT2D eigenvalue weighted by Crippen LogP contribution is 2.23. The van der Waals surface area contributed by atoms with Crippen molar-refractivity contribution in [1.82, 2.24) is 4.90 Å². The molecule has 5 heteroatoms. The molecule has 130 valence electrons. The number of rotatable bonds is 3. The van der Waals surface area contributed by atoms with Crippen LogP contribution in [-0.2, 0) is 9.47 Å². The average Bonchev–Trinajstić information content (AvgIpc) is 2.67. The van der Waals surface area contributed by atoms with E-state index in [4.69, 9.17) is 4.74 Å². The number of morpholine rings is 1. The third-order valence-electron chi connectivity index (χ3n) is 4.36. The number of methoxy groups -OCH3 is 1. The highest BCUT2D eigenvalue weighted by Gasteiger charge is 2.26. The zero-order valence-electron chi connectivity index (χ0n) is 14.4. The van der Waals surface area contributed by atoms with Crippen LogP contribution >= 0.6 is 0 Å². The fourth-order valence-electron chi connectivity index (χ4n) is 2.87. The number of hydrogen-bond donors (Lipinski definition) is 0. The average molecular weight is 339 g/mol. The van der Waals surface area contributed by atoms with Crippen LogP contribution in [0.4, 0.5) is 0 Å². The molecule has 2 aromatic rings. The van der Waals surface area contributed by atoms with Crippen LogP contribution in [0.5, 0.6) is 0 Å². The molecule has 25 heavy (non-hydrogen) atoms. The molecule has 0 aromatic heterocycles. The van der Waals surface area contributed by atoms with Crippen molar-refractivity contribution in [2.24, 2.45) is 0 Å². The minimum absolute atomic E-state index is 0.0585. The van der Waals surface area contributed by atoms with Gasteiger partial charge in [-0.1, -0.05) is 29.8 Å². The summed E-state index contributed by atoms with van der Waals surface area (Å²) in [5.74, 6) is -0.471. The summed E-state index contributed by atoms with van der Waals surface area (Å²) in [6.45, 7) is 3.62. The Morgan fingerprint density at radius 1 is 1.04 bits per heavy atom. The van der Waals surface area contributed by atoms with Crippen molar-refractivity contribution in [2.45, 2.75) is 13.0 Å². The van der Waals surface area contributed by atoms with E-state index in [1.54, 1.807) is 29.2 Å². The maximum absolute atomic E-state index is 12.7. The second-order valence-electron chi connectivity index (χ2n) is 6.09. The van der Waals surface area contributed by atoms with Crippen molar-refractivity contribution < 1.29 is 19.1 Å². The largest absolute Gasteiger partial charge is 0.465 e. The Morgan fingerprint density at radius 2 is 1.68 bits per heavy atom. The quantitative estimate of drug-likeness (QED) is 0.807. The summed E-state index contributed by atoms with van der Waals surface area (Å²) in [5, 5.41) is 0. The molecule has 1 aliphatic heterocycles. The molecule has 3 rings (SSSR count). The van der Waals surface area contributed by atoms with Crippen LogP contribution in [-0.4, -0.2) is 43.6 Å². The highest BCUT2D eigenvalue weighted by atomic mass is 16.5. The molecule has 1 amide bonds. The first-order chi connectivity index (χ1) is 12.1. The lowest BCUT2D eigenvalue weighted by Gasteiger charge is -2.33. The zero-order chi connectivity index (χ0) is 17.8. The van der Waals surface area contributed by atoms with E-state index in [9.17, 15) is 9.59 Å². The van der Waals surface area contributed by atoms with Gasteiger partial charge >= 0.3 is 5.97 Å². The first kappa shape index (κ1) is 17.2. The number of esters is 1. The van der Waals surface area contributed by atoms with Gasteiger partial charge in [0.15, 0.2) is 0 Å². The Kier molecular flexibility index (Phi) is 5.14. The molecule has 1 heterocycles. The second-order valence-corrected chi connectivity index (χ2v) is 6.09. The predicted molar refractivity (Wildman–Crippen MR) is 93.6 cm³/mol. The Morgan fingerprint density at radius 3 is 2.32 bits per heavy atom. The van der Waals surface area contributed by atoms with Crippen molar-refractivity contribution in [3.63, 3.8) is 0 Å². The van der Waals surface area contributed by atoms with Crippen LogP contribution < -0.4 is 0 Å². The van der Waals surface area contributed by atoms with Gasteiger partial charge in [-0.3, -0.25) is 4.79 Å². The van der Waals surface area contributed by atoms with Gasteiger partial charge in [0.1, 0.15) is 6.10 Å². The summed E-state index contributed by atoms with van der Waals surface area (Å²) in [7, 11) is 1.33. The smallest absolute Gasteiger partial charge is 0.337 e. The van der Waals surface area contributed by atoms with Gasteiger partial charge in [-0.2, -0.15) is 0 Å². The van der Waals surface area contributed by atoms with Crippen molar-refractivity contribution in [3.8, 4) is 0 Å². The van der Waals surface area contributed by atoms with Gasteiger partial charge in [0.25, 0.3) is 5.91 Å². The van der Waals surface area contributed by atoms with E-state index in [2.05, 4.69) is 4.74 Å². The summed E-state index contributed by atoms with van der Waals surface area (Å²) < 4.78 is 10.5. The molecule has 0 bridgehead atoms. The number of aryl methyl sites for hydroxylation is 1. The fourth-order valence-corrected chi connectivity index (χ4v) is 2.87. The number of ether oxygens (including phenoxy) is 2. The first-order valence-corrected chi connectivity index (χ1v) is 8.24. The normalized spacial score (nSPS) is 17.2. The molecule has 2 aromatic carbocycles. The molecule has 1 unspecified atom stereocenters. The molecular formula is C20H21NO4. The van der Waals surface area contributed by atoms with Crippen LogP contribution in [0, 0.1) is 6.92 Å². The minimum atomic E-state index is -0.412. The van der Waals surface area contributed by atoms with Crippen LogP contribution in [0.25, 0.3) is 0 Å². The van der Waals surface area contributed by atoms with Crippen LogP contribution in [0.1, 0.15) is 37.9 Å². The Bertz CT molecular complexity index is 752. The van der Waals surface area contributed by atoms with Crippen molar-refractivity contribution in [1.29, 1.82) is 0 Å². The monoisotopic (exact) mass is 339 g/mol. The lowest BCUT2D eigenvalue weighted by Crippen LogP contribution is -2.42. The van der Waals surface area contributed by atoms with Gasteiger partial charge in [0.05, 0.1) is 25.8 Å². The predicted octanol–water partition coefficient (Wildman–Crippen LogP) is 3.00. The summed E-state index contributed by atoms with van der Waals surface area (Å²) in [6.07, 6.45) is -0.118. The van der Waals surface area contributed by atoms with E-state index in [1.807, 2.05) is 31.2 Å². The second kappa shape index (κ2) is 7.49. The lowest BCUT2D eigenvalue weighted by atomic mass is 10.0. The summed E-state index contributed by atoms with van der Waals surface area (Å²) >= 11 is 0. The molecule has 0 saturated carbocycles. The van der Waals surface area contributed by atoms with Gasteiger partial charge in [-0.25, -0.2) is 4.79 Å². The molecule has 1 saturated heterocycles. The summed E-state index contributed by atoms with van der Waals surface area (Å²) in [5.41, 5.74) is 3.25. The first-order valence-electron chi connectivity index (χ1n) is 8.24. The number of carbonyl (C=O) groups is 2. The Labute approximate surface area is 147 Å². The van der Waals surface area contributed by atoms with Crippen LogP contribution in [0.15, 0.2) is 48.5 Å². The van der Waals surface area contributed by atoms with E-state index in [0.29, 0.717) is 30.8 Å². The molecule has 1 atom stereocenters. The number of nitrogens with zero attached hydrogens (tertiary/aromatic N) is 1. The zero-order valence-corrected chi connectivity index (χ0v) is 14.4. The van der Waals surface area contributed by atoms with E-state index in [-0.39, 0.29) is 12.0 Å². The number of amides is 1. The fraction of sp³-hybridized carbons (Fsp3) is 0.300. The number of hydrogen-bond acceptors (Lipinski definition) is 4. The van der Waals surface area contributed by atoms with Gasteiger partial charge in [-0.15, -0.1) is 0 Å². The molecule has 1 aliphatic rings. The topological polar surface area (TPSA) is 55.8 Å². The molecule has 0 N–H and O–H groups in total. The van der Waals surface area contributed by atoms with Crippen LogP contribution in [0.3, 0.4) is 0 Å². The number of benzene rings is 2. The van der Waals surface area contributed by atoms with E-state index < -0.39 is 5.97 Å². The maximum atomic E-state index is 12.7. The summed E-state index contributed by atoms with van der Waals surface area (Å²) in [6, 6.07) is 14.7. The molecule has 0 spiro atoms. The van der Waals surface area contributed by atoms with Crippen molar-refractivity contribution in [3.05, 3.63) is 70.8 Å². The van der Waals surface area contributed by atoms with Gasteiger partial charge in [-0.05, 0) is 36.8 Å². The summed E-state index contributed by atoms with van der Waals surface area (Å²) in [4.78, 5) is 26.0. The molecule has 1 fully saturated rings. The minimum Gasteiger partial charge on any atom is -0.465 e. The lowest BCUT2D eigenvalue weighted by molar-refractivity contribution is -0.0228. The van der Waals surface area contributed by atoms with Gasteiger partial charge in [0, 0.05) is 12.1 Å². The van der Waals surface area contributed by atoms with Crippen molar-refractivity contribution >= 4 is 11.9 Å². The van der Waals surface area contributed by atoms with Gasteiger partial charge < -0.3 is 14.4 Å². The van der Waals surface area contributed by atoms with Gasteiger partial charge in [0.2, 0.25) is 0 Å². The van der Waals surface area contributed by atoms with E-state index in [0.717, 1.165) is 5.56 Å². The number of carbonyl (C=O) groups excluding carboxylic acids is 2. The Balaban J connectivity index is 1.71. The third-order valence-corrected chi connectivity index (χ3v) is 4.36. The van der Waals surface area contributed by atoms with Crippen molar-refractivity contribution in [2.75, 3.05) is 26.8 Å². The van der Waals surface area contributed by atoms with E-state index in [1.165, 1.54) is 12.7 Å². The highest BCUT2D eigenvalue weighted by molar-refractivity contribution is 5.96. The molecular weight excluding hydrogens is 318 g/mol. The maximum Gasteiger partial charge on any atom is 0.337 e. The van der Waals surface area contributed by atoms with Crippen LogP contribution in [0.2, 0.25) is 0 Å². The SMILES string of the molecule is COC(=O)c1ccc(C(=O)N2CCOC(c3ccc(C)cc3)C2)cc1. The molecule has 0 radical (unpaired) electrons.